The monoisotopic (exact) mass is 517 g/mol. The second-order valence-electron chi connectivity index (χ2n) is 12.7. The smallest absolute Gasteiger partial charge is 0.0471 e. The maximum Gasteiger partial charge on any atom is -0.0471 e. The molecule has 0 heterocycles. The van der Waals surface area contributed by atoms with Gasteiger partial charge in [-0.15, -0.1) is 0 Å². The van der Waals surface area contributed by atoms with Gasteiger partial charge in [-0.1, -0.05) is 208 Å². The van der Waals surface area contributed by atoms with E-state index in [-0.39, 0.29) is 7.43 Å². The first-order valence-electron chi connectivity index (χ1n) is 16.4. The average Bonchev–Trinajstić information content (AvgIpc) is 2.77. The van der Waals surface area contributed by atoms with Crippen LogP contribution in [0.15, 0.2) is 0 Å². The summed E-state index contributed by atoms with van der Waals surface area (Å²) in [6.45, 7) is 33.8. The second-order valence-corrected chi connectivity index (χ2v) is 12.7. The zero-order chi connectivity index (χ0) is 28.5. The van der Waals surface area contributed by atoms with Crippen LogP contribution < -0.4 is 0 Å². The molecule has 0 aromatic carbocycles. The molecule has 228 valence electrons. The van der Waals surface area contributed by atoms with E-state index >= 15 is 0 Å². The summed E-state index contributed by atoms with van der Waals surface area (Å²) in [5, 5.41) is 0. The summed E-state index contributed by atoms with van der Waals surface area (Å²) in [5.74, 6) is 4.49. The van der Waals surface area contributed by atoms with Crippen LogP contribution in [0.2, 0.25) is 0 Å². The fraction of sp³-hybridized carbons (Fsp3) is 1.00. The van der Waals surface area contributed by atoms with Crippen LogP contribution in [0.3, 0.4) is 0 Å². The molecule has 0 atom stereocenters. The molecule has 0 spiro atoms. The van der Waals surface area contributed by atoms with Gasteiger partial charge in [0.15, 0.2) is 0 Å². The number of rotatable bonds is 15. The Bertz CT molecular complexity index is 284. The van der Waals surface area contributed by atoms with Crippen LogP contribution in [0.4, 0.5) is 0 Å². The lowest BCUT2D eigenvalue weighted by Crippen LogP contribution is -1.86. The zero-order valence-electron chi connectivity index (χ0n) is 28.5. The van der Waals surface area contributed by atoms with Crippen LogP contribution in [-0.4, -0.2) is 0 Å². The van der Waals surface area contributed by atoms with Gasteiger partial charge in [0.2, 0.25) is 0 Å². The molecule has 0 unspecified atom stereocenters. The fourth-order valence-corrected chi connectivity index (χ4v) is 2.97. The zero-order valence-corrected chi connectivity index (χ0v) is 28.5. The molecule has 0 amide bonds. The van der Waals surface area contributed by atoms with Gasteiger partial charge in [0.1, 0.15) is 0 Å². The summed E-state index contributed by atoms with van der Waals surface area (Å²) < 4.78 is 0. The first-order chi connectivity index (χ1) is 16.4. The third-order valence-electron chi connectivity index (χ3n) is 5.84. The molecule has 0 nitrogen and oxygen atoms in total. The average molecular weight is 517 g/mol. The Labute approximate surface area is 237 Å². The van der Waals surface area contributed by atoms with E-state index in [1.807, 2.05) is 0 Å². The Hall–Kier alpha value is 0. The molecule has 0 fully saturated rings. The van der Waals surface area contributed by atoms with Crippen molar-refractivity contribution in [3.63, 3.8) is 0 Å². The summed E-state index contributed by atoms with van der Waals surface area (Å²) >= 11 is 0. The molecule has 0 aliphatic heterocycles. The Morgan fingerprint density at radius 2 is 0.583 bits per heavy atom. The maximum absolute atomic E-state index is 2.30. The summed E-state index contributed by atoms with van der Waals surface area (Å²) in [6.07, 6.45) is 20.8. The standard InChI is InChI=1S/C9H20.C8H18.C7H16.C6H14.C5H12.CH4/c1-4-5-6-7-8-9(2)3;1-4-5-6-7-8(2)3;1-4-5-6-7(2)3;1-4-5-6(2)3;1-4-5(2)3;/h9H,4-8H2,1-3H3;8H,4-7H2,1-3H3;7H,4-6H2,1-3H3;6H,4-5H2,1-3H3;5H,4H2,1-3H3;1H4. The van der Waals surface area contributed by atoms with E-state index in [9.17, 15) is 0 Å². The van der Waals surface area contributed by atoms with Gasteiger partial charge in [0, 0.05) is 0 Å². The minimum absolute atomic E-state index is 0. The molecule has 0 bridgehead atoms. The van der Waals surface area contributed by atoms with Gasteiger partial charge in [-0.25, -0.2) is 0 Å². The summed E-state index contributed by atoms with van der Waals surface area (Å²) in [7, 11) is 0. The van der Waals surface area contributed by atoms with Crippen molar-refractivity contribution in [2.24, 2.45) is 29.6 Å². The summed E-state index contributed by atoms with van der Waals surface area (Å²) in [4.78, 5) is 0. The second kappa shape index (κ2) is 45.0. The van der Waals surface area contributed by atoms with Crippen molar-refractivity contribution in [2.75, 3.05) is 0 Å². The minimum Gasteiger partial charge on any atom is -0.0776 e. The molecule has 36 heavy (non-hydrogen) atoms. The highest BCUT2D eigenvalue weighted by Gasteiger charge is 1.92. The van der Waals surface area contributed by atoms with E-state index in [1.54, 1.807) is 0 Å². The first kappa shape index (κ1) is 49.0. The molecule has 0 radical (unpaired) electrons. The molecule has 0 aromatic heterocycles. The lowest BCUT2D eigenvalue weighted by atomic mass is 10.1. The Balaban J connectivity index is -0.0000000787. The molecule has 0 saturated heterocycles. The van der Waals surface area contributed by atoms with E-state index in [4.69, 9.17) is 0 Å². The first-order valence-corrected chi connectivity index (χ1v) is 16.4. The van der Waals surface area contributed by atoms with Crippen molar-refractivity contribution >= 4 is 0 Å². The van der Waals surface area contributed by atoms with Crippen LogP contribution >= 0.6 is 0 Å². The van der Waals surface area contributed by atoms with Crippen LogP contribution in [0.5, 0.6) is 0 Å². The number of hydrogen-bond donors (Lipinski definition) is 0. The normalized spacial score (nSPS) is 10.0. The quantitative estimate of drug-likeness (QED) is 0.190. The van der Waals surface area contributed by atoms with E-state index < -0.39 is 0 Å². The SMILES string of the molecule is C.CCC(C)C.CCCC(C)C.CCCCC(C)C.CCCCCC(C)C.CCCCCCC(C)C. The van der Waals surface area contributed by atoms with Crippen LogP contribution in [0.1, 0.15) is 208 Å². The Kier molecular flexibility index (Phi) is 61.2. The van der Waals surface area contributed by atoms with Crippen molar-refractivity contribution in [2.45, 2.75) is 208 Å². The lowest BCUT2D eigenvalue weighted by Gasteiger charge is -2.01. The summed E-state index contributed by atoms with van der Waals surface area (Å²) in [5.41, 5.74) is 0. The molecular weight excluding hydrogens is 432 g/mol. The number of unbranched alkanes of at least 4 members (excludes halogenated alkanes) is 6. The van der Waals surface area contributed by atoms with E-state index in [2.05, 4.69) is 104 Å². The molecule has 0 saturated carbocycles. The van der Waals surface area contributed by atoms with E-state index in [1.165, 1.54) is 96.3 Å². The number of hydrogen-bond acceptors (Lipinski definition) is 0. The predicted molar refractivity (Wildman–Crippen MR) is 179 cm³/mol. The van der Waals surface area contributed by atoms with E-state index in [0.717, 1.165) is 29.6 Å². The van der Waals surface area contributed by atoms with Gasteiger partial charge >= 0.3 is 0 Å². The molecule has 0 aliphatic rings. The molecule has 0 rings (SSSR count). The third-order valence-corrected chi connectivity index (χ3v) is 5.84. The maximum atomic E-state index is 2.30. The molecule has 0 aromatic rings. The van der Waals surface area contributed by atoms with Crippen LogP contribution in [0, 0.1) is 29.6 Å². The van der Waals surface area contributed by atoms with Crippen molar-refractivity contribution in [3.05, 3.63) is 0 Å². The highest BCUT2D eigenvalue weighted by atomic mass is 14.0. The Morgan fingerprint density at radius 3 is 0.778 bits per heavy atom. The predicted octanol–water partition coefficient (Wildman–Crippen LogP) is 14.8. The van der Waals surface area contributed by atoms with Crippen molar-refractivity contribution in [1.82, 2.24) is 0 Å². The third kappa shape index (κ3) is 92.6. The van der Waals surface area contributed by atoms with Gasteiger partial charge in [0.05, 0.1) is 0 Å². The van der Waals surface area contributed by atoms with Gasteiger partial charge in [-0.3, -0.25) is 0 Å². The molecule has 0 heteroatoms. The highest BCUT2D eigenvalue weighted by Crippen LogP contribution is 2.09. The molecule has 0 N–H and O–H groups in total. The van der Waals surface area contributed by atoms with Crippen LogP contribution in [0.25, 0.3) is 0 Å². The molecule has 0 aliphatic carbocycles. The topological polar surface area (TPSA) is 0 Å². The molecular formula is C36H84. The van der Waals surface area contributed by atoms with Gasteiger partial charge in [-0.2, -0.15) is 0 Å². The van der Waals surface area contributed by atoms with Gasteiger partial charge in [-0.05, 0) is 29.6 Å². The fourth-order valence-electron chi connectivity index (χ4n) is 2.97. The van der Waals surface area contributed by atoms with E-state index in [0.29, 0.717) is 0 Å². The largest absolute Gasteiger partial charge is 0.0776 e. The van der Waals surface area contributed by atoms with Crippen molar-refractivity contribution in [3.8, 4) is 0 Å². The van der Waals surface area contributed by atoms with Gasteiger partial charge in [0.25, 0.3) is 0 Å². The van der Waals surface area contributed by atoms with Crippen molar-refractivity contribution in [1.29, 1.82) is 0 Å². The van der Waals surface area contributed by atoms with Crippen LogP contribution in [-0.2, 0) is 0 Å². The Morgan fingerprint density at radius 1 is 0.306 bits per heavy atom. The summed E-state index contributed by atoms with van der Waals surface area (Å²) in [6, 6.07) is 0. The van der Waals surface area contributed by atoms with Gasteiger partial charge < -0.3 is 0 Å². The van der Waals surface area contributed by atoms with Crippen molar-refractivity contribution < 1.29 is 0 Å². The lowest BCUT2D eigenvalue weighted by molar-refractivity contribution is 0.525. The highest BCUT2D eigenvalue weighted by molar-refractivity contribution is 4.46. The minimum atomic E-state index is 0.